The van der Waals surface area contributed by atoms with E-state index in [1.165, 1.54) is 0 Å². The van der Waals surface area contributed by atoms with Crippen molar-refractivity contribution in [2.24, 2.45) is 0 Å². The Kier molecular flexibility index (Phi) is 5.37. The van der Waals surface area contributed by atoms with Crippen molar-refractivity contribution in [3.63, 3.8) is 0 Å². The highest BCUT2D eigenvalue weighted by molar-refractivity contribution is 6.33. The number of hydrogen-bond donors (Lipinski definition) is 1. The summed E-state index contributed by atoms with van der Waals surface area (Å²) < 4.78 is 1.88. The first-order valence-electron chi connectivity index (χ1n) is 10.5. The van der Waals surface area contributed by atoms with Crippen LogP contribution in [-0.4, -0.2) is 27.9 Å². The van der Waals surface area contributed by atoms with E-state index in [9.17, 15) is 9.59 Å². The number of carbonyl (C=O) groups excluding carboxylic acids is 2. The van der Waals surface area contributed by atoms with E-state index in [1.807, 2.05) is 59.2 Å². The maximum Gasteiger partial charge on any atom is 0.253 e. The van der Waals surface area contributed by atoms with Crippen molar-refractivity contribution >= 4 is 46.1 Å². The van der Waals surface area contributed by atoms with Crippen molar-refractivity contribution in [2.45, 2.75) is 18.9 Å². The van der Waals surface area contributed by atoms with E-state index >= 15 is 0 Å². The summed E-state index contributed by atoms with van der Waals surface area (Å²) in [6.07, 6.45) is 0.702. The van der Waals surface area contributed by atoms with Gasteiger partial charge in [0.1, 0.15) is 6.04 Å². The van der Waals surface area contributed by atoms with Crippen molar-refractivity contribution < 1.29 is 9.59 Å². The summed E-state index contributed by atoms with van der Waals surface area (Å²) in [5, 5.41) is 3.28. The van der Waals surface area contributed by atoms with Crippen LogP contribution in [0, 0.1) is 0 Å². The molecule has 6 nitrogen and oxygen atoms in total. The van der Waals surface area contributed by atoms with Crippen LogP contribution in [-0.2, 0) is 16.0 Å². The zero-order valence-electron chi connectivity index (χ0n) is 17.2. The number of hydrogen-bond acceptors (Lipinski definition) is 3. The standard InChI is InChI=1S/C25H21ClN4O2/c26-18-10-4-5-11-19(18)27-23(31)16-22-24(32)29(15-14-17-8-2-1-3-9-17)25-28-20-12-6-7-13-21(20)30(22)25/h1-13,22H,14-16H2,(H,27,31)/t22-/m1/s1. The second-order valence-corrected chi connectivity index (χ2v) is 8.15. The molecule has 1 N–H and O–H groups in total. The average Bonchev–Trinajstić information content (AvgIpc) is 3.29. The number of nitrogens with one attached hydrogen (secondary N) is 1. The molecule has 0 unspecified atom stereocenters. The second-order valence-electron chi connectivity index (χ2n) is 7.74. The number of amides is 2. The van der Waals surface area contributed by atoms with Crippen LogP contribution in [0.25, 0.3) is 11.0 Å². The number of rotatable bonds is 6. The third kappa shape index (κ3) is 3.74. The third-order valence-corrected chi connectivity index (χ3v) is 6.00. The predicted molar refractivity (Wildman–Crippen MR) is 126 cm³/mol. The van der Waals surface area contributed by atoms with Gasteiger partial charge in [-0.3, -0.25) is 19.1 Å². The zero-order valence-corrected chi connectivity index (χ0v) is 18.0. The second kappa shape index (κ2) is 8.48. The minimum Gasteiger partial charge on any atom is -0.325 e. The van der Waals surface area contributed by atoms with Gasteiger partial charge in [-0.25, -0.2) is 4.98 Å². The molecule has 0 aliphatic carbocycles. The number of aromatic nitrogens is 2. The molecule has 0 spiro atoms. The molecular formula is C25H21ClN4O2. The van der Waals surface area contributed by atoms with Crippen LogP contribution >= 0.6 is 11.6 Å². The molecule has 4 aromatic rings. The van der Waals surface area contributed by atoms with Gasteiger partial charge in [-0.1, -0.05) is 66.2 Å². The Morgan fingerprint density at radius 3 is 2.50 bits per heavy atom. The van der Waals surface area contributed by atoms with Crippen molar-refractivity contribution in [1.82, 2.24) is 9.55 Å². The molecule has 0 saturated carbocycles. The topological polar surface area (TPSA) is 67.2 Å². The minimum absolute atomic E-state index is 0.000746. The number of anilines is 2. The summed E-state index contributed by atoms with van der Waals surface area (Å²) in [5.74, 6) is 0.191. The first-order chi connectivity index (χ1) is 15.6. The van der Waals surface area contributed by atoms with Gasteiger partial charge in [-0.2, -0.15) is 0 Å². The van der Waals surface area contributed by atoms with E-state index in [1.54, 1.807) is 29.2 Å². The molecule has 32 heavy (non-hydrogen) atoms. The lowest BCUT2D eigenvalue weighted by molar-refractivity contribution is -0.124. The Labute approximate surface area is 190 Å². The molecule has 1 atom stereocenters. The SMILES string of the molecule is O=C(C[C@@H]1C(=O)N(CCc2ccccc2)c2nc3ccccc3n21)Nc1ccccc1Cl. The number of halogens is 1. The Hall–Kier alpha value is -3.64. The lowest BCUT2D eigenvalue weighted by atomic mass is 10.1. The monoisotopic (exact) mass is 444 g/mol. The largest absolute Gasteiger partial charge is 0.325 e. The smallest absolute Gasteiger partial charge is 0.253 e. The Balaban J connectivity index is 1.43. The molecule has 5 rings (SSSR count). The van der Waals surface area contributed by atoms with Gasteiger partial charge in [0, 0.05) is 6.54 Å². The van der Waals surface area contributed by atoms with Crippen LogP contribution < -0.4 is 10.2 Å². The number of para-hydroxylation sites is 3. The lowest BCUT2D eigenvalue weighted by Gasteiger charge is -2.16. The van der Waals surface area contributed by atoms with Gasteiger partial charge in [0.15, 0.2) is 0 Å². The van der Waals surface area contributed by atoms with Gasteiger partial charge < -0.3 is 5.32 Å². The predicted octanol–water partition coefficient (Wildman–Crippen LogP) is 4.85. The highest BCUT2D eigenvalue weighted by Gasteiger charge is 2.40. The van der Waals surface area contributed by atoms with Gasteiger partial charge >= 0.3 is 0 Å². The van der Waals surface area contributed by atoms with Gasteiger partial charge in [-0.05, 0) is 36.2 Å². The summed E-state index contributed by atoms with van der Waals surface area (Å²) in [7, 11) is 0. The molecule has 3 aromatic carbocycles. The van der Waals surface area contributed by atoms with Crippen molar-refractivity contribution in [1.29, 1.82) is 0 Å². The van der Waals surface area contributed by atoms with Crippen LogP contribution in [0.4, 0.5) is 11.6 Å². The van der Waals surface area contributed by atoms with Crippen molar-refractivity contribution in [2.75, 3.05) is 16.8 Å². The normalized spacial score (nSPS) is 15.2. The lowest BCUT2D eigenvalue weighted by Crippen LogP contribution is -2.33. The molecule has 2 heterocycles. The molecule has 160 valence electrons. The Morgan fingerprint density at radius 2 is 1.69 bits per heavy atom. The Morgan fingerprint density at radius 1 is 0.969 bits per heavy atom. The number of fused-ring (bicyclic) bond motifs is 3. The molecule has 1 aliphatic rings. The Bertz CT molecular complexity index is 1300. The van der Waals surface area contributed by atoms with Crippen molar-refractivity contribution in [3.8, 4) is 0 Å². The van der Waals surface area contributed by atoms with Gasteiger partial charge in [-0.15, -0.1) is 0 Å². The molecule has 0 bridgehead atoms. The third-order valence-electron chi connectivity index (χ3n) is 5.67. The summed E-state index contributed by atoms with van der Waals surface area (Å²) in [5.41, 5.74) is 3.31. The van der Waals surface area contributed by atoms with Crippen LogP contribution in [0.1, 0.15) is 18.0 Å². The van der Waals surface area contributed by atoms with Crippen LogP contribution in [0.2, 0.25) is 5.02 Å². The van der Waals surface area contributed by atoms with Crippen molar-refractivity contribution in [3.05, 3.63) is 89.4 Å². The van der Waals surface area contributed by atoms with E-state index in [0.717, 1.165) is 16.6 Å². The highest BCUT2D eigenvalue weighted by Crippen LogP contribution is 2.36. The van der Waals surface area contributed by atoms with Crippen LogP contribution in [0.3, 0.4) is 0 Å². The van der Waals surface area contributed by atoms with E-state index in [2.05, 4.69) is 5.32 Å². The fourth-order valence-electron chi connectivity index (χ4n) is 4.13. The summed E-state index contributed by atoms with van der Waals surface area (Å²) in [6.45, 7) is 0.495. The molecule has 0 radical (unpaired) electrons. The van der Waals surface area contributed by atoms with E-state index in [-0.39, 0.29) is 18.2 Å². The molecule has 2 amide bonds. The van der Waals surface area contributed by atoms with E-state index in [0.29, 0.717) is 29.6 Å². The fourth-order valence-corrected chi connectivity index (χ4v) is 4.32. The van der Waals surface area contributed by atoms with Gasteiger partial charge in [0.25, 0.3) is 5.91 Å². The summed E-state index contributed by atoms with van der Waals surface area (Å²) >= 11 is 6.17. The quantitative estimate of drug-likeness (QED) is 0.462. The van der Waals surface area contributed by atoms with Crippen LogP contribution in [0.15, 0.2) is 78.9 Å². The fraction of sp³-hybridized carbons (Fsp3) is 0.160. The molecule has 1 aromatic heterocycles. The number of nitrogens with zero attached hydrogens (tertiary/aromatic N) is 3. The summed E-state index contributed by atoms with van der Waals surface area (Å²) in [4.78, 5) is 32.7. The maximum absolute atomic E-state index is 13.4. The highest BCUT2D eigenvalue weighted by atomic mass is 35.5. The number of benzene rings is 3. The molecule has 0 fully saturated rings. The maximum atomic E-state index is 13.4. The van der Waals surface area contributed by atoms with Gasteiger partial charge in [0.05, 0.1) is 28.2 Å². The summed E-state index contributed by atoms with van der Waals surface area (Å²) in [6, 6.07) is 24.1. The van der Waals surface area contributed by atoms with E-state index < -0.39 is 6.04 Å². The molecular weight excluding hydrogens is 424 g/mol. The zero-order chi connectivity index (χ0) is 22.1. The molecule has 0 saturated heterocycles. The number of imidazole rings is 1. The molecule has 1 aliphatic heterocycles. The van der Waals surface area contributed by atoms with Gasteiger partial charge in [0.2, 0.25) is 11.9 Å². The minimum atomic E-state index is -0.657. The van der Waals surface area contributed by atoms with Crippen LogP contribution in [0.5, 0.6) is 0 Å². The first kappa shape index (κ1) is 20.3. The first-order valence-corrected chi connectivity index (χ1v) is 10.9. The molecule has 7 heteroatoms. The average molecular weight is 445 g/mol. The van der Waals surface area contributed by atoms with E-state index in [4.69, 9.17) is 16.6 Å². The number of carbonyl (C=O) groups is 2.